The molecule has 2 aromatic carbocycles. The minimum Gasteiger partial charge on any atom is -0.495 e. The first-order valence-corrected chi connectivity index (χ1v) is 9.68. The van der Waals surface area contributed by atoms with Gasteiger partial charge < -0.3 is 15.4 Å². The number of hydrogen-bond acceptors (Lipinski definition) is 4. The number of ether oxygens (including phenoxy) is 1. The highest BCUT2D eigenvalue weighted by Crippen LogP contribution is 2.29. The highest BCUT2D eigenvalue weighted by molar-refractivity contribution is 7.93. The van der Waals surface area contributed by atoms with E-state index in [4.69, 9.17) is 17.0 Å². The lowest BCUT2D eigenvalue weighted by Gasteiger charge is -2.16. The Balaban J connectivity index is 2.37. The van der Waals surface area contributed by atoms with Gasteiger partial charge in [0, 0.05) is 6.54 Å². The molecule has 0 unspecified atom stereocenters. The van der Waals surface area contributed by atoms with Gasteiger partial charge in [-0.2, -0.15) is 0 Å². The van der Waals surface area contributed by atoms with Crippen LogP contribution < -0.4 is 20.1 Å². The summed E-state index contributed by atoms with van der Waals surface area (Å²) < 4.78 is 33.7. The fourth-order valence-electron chi connectivity index (χ4n) is 2.22. The summed E-state index contributed by atoms with van der Waals surface area (Å²) in [5, 5.41) is 6.13. The molecule has 0 radical (unpaired) electrons. The number of para-hydroxylation sites is 2. The smallest absolute Gasteiger partial charge is 0.264 e. The van der Waals surface area contributed by atoms with Gasteiger partial charge in [-0.1, -0.05) is 24.3 Å². The second-order valence-corrected chi connectivity index (χ2v) is 7.49. The molecule has 3 N–H and O–H groups in total. The van der Waals surface area contributed by atoms with Gasteiger partial charge >= 0.3 is 0 Å². The number of thiocarbonyl (C=S) groups is 1. The summed E-state index contributed by atoms with van der Waals surface area (Å²) in [6.07, 6.45) is 1.66. The van der Waals surface area contributed by atoms with Crippen molar-refractivity contribution >= 4 is 38.7 Å². The molecule has 0 aromatic heterocycles. The second-order valence-electron chi connectivity index (χ2n) is 5.43. The zero-order valence-corrected chi connectivity index (χ0v) is 16.2. The van der Waals surface area contributed by atoms with Gasteiger partial charge in [-0.05, 0) is 49.0 Å². The Hall–Kier alpha value is -2.58. The van der Waals surface area contributed by atoms with Crippen LogP contribution in [-0.4, -0.2) is 27.2 Å². The SMILES string of the molecule is C=CCNC(=S)Nc1ccc(C)cc1S(=O)(=O)Nc1ccccc1OC. The van der Waals surface area contributed by atoms with Gasteiger partial charge in [0.05, 0.1) is 18.5 Å². The van der Waals surface area contributed by atoms with Gasteiger partial charge in [-0.25, -0.2) is 8.42 Å². The molecule has 2 aromatic rings. The summed E-state index contributed by atoms with van der Waals surface area (Å²) in [6.45, 7) is 5.89. The molecule has 0 heterocycles. The minimum atomic E-state index is -3.87. The molecule has 0 aliphatic rings. The molecule has 0 fully saturated rings. The maximum absolute atomic E-state index is 13.0. The number of hydrogen-bond donors (Lipinski definition) is 3. The molecule has 0 saturated heterocycles. The van der Waals surface area contributed by atoms with E-state index in [1.165, 1.54) is 7.11 Å². The zero-order chi connectivity index (χ0) is 19.2. The Morgan fingerprint density at radius 1 is 1.23 bits per heavy atom. The number of rotatable bonds is 7. The summed E-state index contributed by atoms with van der Waals surface area (Å²) in [6, 6.07) is 11.9. The van der Waals surface area contributed by atoms with Crippen molar-refractivity contribution in [3.05, 3.63) is 60.7 Å². The molecule has 0 aliphatic heterocycles. The molecule has 0 amide bonds. The lowest BCUT2D eigenvalue weighted by atomic mass is 10.2. The Morgan fingerprint density at radius 2 is 1.96 bits per heavy atom. The topological polar surface area (TPSA) is 79.5 Å². The third kappa shape index (κ3) is 4.96. The fourth-order valence-corrected chi connectivity index (χ4v) is 3.73. The number of sulfonamides is 1. The van der Waals surface area contributed by atoms with Crippen LogP contribution in [0.4, 0.5) is 11.4 Å². The quantitative estimate of drug-likeness (QED) is 0.497. The molecule has 0 bridgehead atoms. The Labute approximate surface area is 159 Å². The van der Waals surface area contributed by atoms with Crippen molar-refractivity contribution in [1.82, 2.24) is 5.32 Å². The van der Waals surface area contributed by atoms with Crippen LogP contribution in [-0.2, 0) is 10.0 Å². The van der Waals surface area contributed by atoms with E-state index in [0.717, 1.165) is 5.56 Å². The van der Waals surface area contributed by atoms with Crippen LogP contribution in [0.2, 0.25) is 0 Å². The molecule has 0 spiro atoms. The van der Waals surface area contributed by atoms with Crippen LogP contribution in [0.25, 0.3) is 0 Å². The average Bonchev–Trinajstić information content (AvgIpc) is 2.61. The van der Waals surface area contributed by atoms with E-state index in [2.05, 4.69) is 21.9 Å². The van der Waals surface area contributed by atoms with Gasteiger partial charge in [0.25, 0.3) is 10.0 Å². The van der Waals surface area contributed by atoms with Crippen molar-refractivity contribution in [1.29, 1.82) is 0 Å². The van der Waals surface area contributed by atoms with Crippen LogP contribution in [0.1, 0.15) is 5.56 Å². The van der Waals surface area contributed by atoms with Crippen molar-refractivity contribution in [3.63, 3.8) is 0 Å². The molecule has 26 heavy (non-hydrogen) atoms. The molecule has 0 saturated carbocycles. The van der Waals surface area contributed by atoms with E-state index >= 15 is 0 Å². The molecule has 6 nitrogen and oxygen atoms in total. The summed E-state index contributed by atoms with van der Waals surface area (Å²) in [5.41, 5.74) is 1.54. The Bertz CT molecular complexity index is 912. The number of anilines is 2. The molecule has 2 rings (SSSR count). The lowest BCUT2D eigenvalue weighted by Crippen LogP contribution is -2.29. The molecule has 0 aliphatic carbocycles. The van der Waals surface area contributed by atoms with Crippen LogP contribution >= 0.6 is 12.2 Å². The van der Waals surface area contributed by atoms with Crippen LogP contribution in [0.3, 0.4) is 0 Å². The first kappa shape index (κ1) is 19.7. The maximum atomic E-state index is 13.0. The third-order valence-corrected chi connectivity index (χ3v) is 5.08. The van der Waals surface area contributed by atoms with E-state index in [1.54, 1.807) is 48.5 Å². The first-order valence-electron chi connectivity index (χ1n) is 7.79. The maximum Gasteiger partial charge on any atom is 0.264 e. The highest BCUT2D eigenvalue weighted by Gasteiger charge is 2.21. The van der Waals surface area contributed by atoms with Crippen molar-refractivity contribution < 1.29 is 13.2 Å². The highest BCUT2D eigenvalue weighted by atomic mass is 32.2. The van der Waals surface area contributed by atoms with E-state index in [9.17, 15) is 8.42 Å². The van der Waals surface area contributed by atoms with Gasteiger partial charge in [0.1, 0.15) is 10.6 Å². The van der Waals surface area contributed by atoms with Gasteiger partial charge in [-0.15, -0.1) is 6.58 Å². The predicted octanol–water partition coefficient (Wildman–Crippen LogP) is 3.28. The van der Waals surface area contributed by atoms with E-state index in [1.807, 2.05) is 6.92 Å². The summed E-state index contributed by atoms with van der Waals surface area (Å²) in [4.78, 5) is 0.0890. The second kappa shape index (κ2) is 8.68. The lowest BCUT2D eigenvalue weighted by molar-refractivity contribution is 0.417. The number of methoxy groups -OCH3 is 1. The van der Waals surface area contributed by atoms with E-state index in [-0.39, 0.29) is 4.90 Å². The van der Waals surface area contributed by atoms with Crippen LogP contribution in [0.5, 0.6) is 5.75 Å². The summed E-state index contributed by atoms with van der Waals surface area (Å²) in [7, 11) is -2.38. The van der Waals surface area contributed by atoms with Gasteiger partial charge in [0.15, 0.2) is 5.11 Å². The zero-order valence-electron chi connectivity index (χ0n) is 14.6. The van der Waals surface area contributed by atoms with E-state index < -0.39 is 10.0 Å². The normalized spacial score (nSPS) is 10.7. The Morgan fingerprint density at radius 3 is 2.65 bits per heavy atom. The number of aryl methyl sites for hydroxylation is 1. The fraction of sp³-hybridized carbons (Fsp3) is 0.167. The largest absolute Gasteiger partial charge is 0.495 e. The van der Waals surface area contributed by atoms with Crippen molar-refractivity contribution in [3.8, 4) is 5.75 Å². The molecule has 138 valence electrons. The van der Waals surface area contributed by atoms with Crippen LogP contribution in [0.15, 0.2) is 60.0 Å². The van der Waals surface area contributed by atoms with Crippen molar-refractivity contribution in [2.24, 2.45) is 0 Å². The van der Waals surface area contributed by atoms with Crippen molar-refractivity contribution in [2.45, 2.75) is 11.8 Å². The summed E-state index contributed by atoms with van der Waals surface area (Å²) in [5.74, 6) is 0.432. The van der Waals surface area contributed by atoms with E-state index in [0.29, 0.717) is 28.8 Å². The third-order valence-electron chi connectivity index (χ3n) is 3.43. The Kier molecular flexibility index (Phi) is 6.59. The molecule has 0 atom stereocenters. The predicted molar refractivity (Wildman–Crippen MR) is 109 cm³/mol. The number of nitrogens with one attached hydrogen (secondary N) is 3. The summed E-state index contributed by atoms with van der Waals surface area (Å²) >= 11 is 5.18. The monoisotopic (exact) mass is 391 g/mol. The van der Waals surface area contributed by atoms with Crippen LogP contribution in [0, 0.1) is 6.92 Å². The molecular formula is C18H21N3O3S2. The van der Waals surface area contributed by atoms with Crippen molar-refractivity contribution in [2.75, 3.05) is 23.7 Å². The molecule has 8 heteroatoms. The number of benzene rings is 2. The van der Waals surface area contributed by atoms with Gasteiger partial charge in [-0.3, -0.25) is 4.72 Å². The minimum absolute atomic E-state index is 0.0890. The molecular weight excluding hydrogens is 370 g/mol. The average molecular weight is 392 g/mol. The first-order chi connectivity index (χ1) is 12.4. The standard InChI is InChI=1S/C18H21N3O3S2/c1-4-11-19-18(25)20-15-10-9-13(2)12-17(15)26(22,23)21-14-7-5-6-8-16(14)24-3/h4-10,12,21H,1,11H2,2-3H3,(H2,19,20,25). The van der Waals surface area contributed by atoms with Gasteiger partial charge in [0.2, 0.25) is 0 Å².